The Morgan fingerprint density at radius 1 is 0.581 bits per heavy atom. The van der Waals surface area contributed by atoms with Gasteiger partial charge in [-0.3, -0.25) is 0 Å². The van der Waals surface area contributed by atoms with Crippen LogP contribution in [-0.2, 0) is 14.3 Å². The van der Waals surface area contributed by atoms with E-state index in [1.54, 1.807) is 7.11 Å². The zero-order chi connectivity index (χ0) is 31.2. The van der Waals surface area contributed by atoms with Crippen molar-refractivity contribution in [3.8, 4) is 0 Å². The Labute approximate surface area is 268 Å². The first-order valence-electron chi connectivity index (χ1n) is 18.7. The van der Waals surface area contributed by atoms with E-state index in [1.807, 2.05) is 18.2 Å². The number of methoxy groups -OCH3 is 1. The van der Waals surface area contributed by atoms with E-state index in [4.69, 9.17) is 9.47 Å². The van der Waals surface area contributed by atoms with Crippen molar-refractivity contribution >= 4 is 11.5 Å². The number of rotatable bonds is 30. The molecule has 0 aliphatic rings. The molecular weight excluding hydrogens is 528 g/mol. The fourth-order valence-corrected chi connectivity index (χ4v) is 6.25. The van der Waals surface area contributed by atoms with Crippen molar-refractivity contribution in [1.82, 2.24) is 0 Å². The Bertz CT molecular complexity index is 784. The molecule has 0 saturated heterocycles. The third-order valence-corrected chi connectivity index (χ3v) is 9.01. The molecule has 0 fully saturated rings. The van der Waals surface area contributed by atoms with E-state index in [9.17, 15) is 4.79 Å². The molecule has 0 radical (unpaired) electrons. The Hall–Kier alpha value is -1.77. The Balaban J connectivity index is 2.17. The van der Waals surface area contributed by atoms with Crippen molar-refractivity contribution in [2.45, 2.75) is 181 Å². The highest BCUT2D eigenvalue weighted by molar-refractivity contribution is 5.96. The summed E-state index contributed by atoms with van der Waals surface area (Å²) in [7, 11) is 1.61. The van der Waals surface area contributed by atoms with Gasteiger partial charge < -0.3 is 9.47 Å². The summed E-state index contributed by atoms with van der Waals surface area (Å²) >= 11 is 0. The molecule has 1 aromatic carbocycles. The molecule has 0 spiro atoms. The molecule has 1 aromatic rings. The molecule has 1 unspecified atom stereocenters. The van der Waals surface area contributed by atoms with Crippen molar-refractivity contribution in [2.24, 2.45) is 5.92 Å². The van der Waals surface area contributed by atoms with Gasteiger partial charge in [-0.1, -0.05) is 192 Å². The molecule has 0 aromatic heterocycles. The molecule has 1 atom stereocenters. The first kappa shape index (κ1) is 39.3. The SMILES string of the molecule is CCCCCCCCCCCCCCCCCCCCCCOC(=O)C(OC)=C(c1ccccc1)C(CC)CCCCC. The maximum atomic E-state index is 13.1. The van der Waals surface area contributed by atoms with Crippen LogP contribution in [0.15, 0.2) is 36.1 Å². The normalized spacial score (nSPS) is 12.7. The van der Waals surface area contributed by atoms with Crippen LogP contribution in [-0.4, -0.2) is 19.7 Å². The van der Waals surface area contributed by atoms with E-state index in [2.05, 4.69) is 32.9 Å². The summed E-state index contributed by atoms with van der Waals surface area (Å²) in [5, 5.41) is 0. The number of hydrogen-bond acceptors (Lipinski definition) is 3. The topological polar surface area (TPSA) is 35.5 Å². The number of hydrogen-bond donors (Lipinski definition) is 0. The average Bonchev–Trinajstić information content (AvgIpc) is 3.03. The molecule has 43 heavy (non-hydrogen) atoms. The van der Waals surface area contributed by atoms with Crippen LogP contribution >= 0.6 is 0 Å². The minimum atomic E-state index is -0.312. The van der Waals surface area contributed by atoms with Crippen molar-refractivity contribution < 1.29 is 14.3 Å². The highest BCUT2D eigenvalue weighted by Crippen LogP contribution is 2.34. The van der Waals surface area contributed by atoms with Gasteiger partial charge in [0.25, 0.3) is 0 Å². The zero-order valence-electron chi connectivity index (χ0n) is 29.1. The molecule has 0 saturated carbocycles. The van der Waals surface area contributed by atoms with Gasteiger partial charge in [0.1, 0.15) is 0 Å². The first-order chi connectivity index (χ1) is 21.2. The smallest absolute Gasteiger partial charge is 0.373 e. The Kier molecular flexibility index (Phi) is 26.4. The van der Waals surface area contributed by atoms with Crippen LogP contribution in [0.5, 0.6) is 0 Å². The molecule has 0 bridgehead atoms. The Morgan fingerprint density at radius 2 is 1.00 bits per heavy atom. The lowest BCUT2D eigenvalue weighted by Gasteiger charge is -2.22. The summed E-state index contributed by atoms with van der Waals surface area (Å²) in [6.07, 6.45) is 32.9. The monoisotopic (exact) mass is 599 g/mol. The lowest BCUT2D eigenvalue weighted by Crippen LogP contribution is -2.16. The number of benzene rings is 1. The molecule has 0 amide bonds. The van der Waals surface area contributed by atoms with E-state index in [0.717, 1.165) is 43.2 Å². The lowest BCUT2D eigenvalue weighted by atomic mass is 9.85. The molecule has 0 N–H and O–H groups in total. The van der Waals surface area contributed by atoms with Gasteiger partial charge >= 0.3 is 5.97 Å². The van der Waals surface area contributed by atoms with Crippen LogP contribution in [0.2, 0.25) is 0 Å². The standard InChI is InChI=1S/C40H70O3/c1-5-8-10-11-12-13-14-15-16-17-18-19-20-21-22-23-24-25-26-31-35-43-40(41)39(42-4)38(37-33-29-27-30-34-37)36(7-3)32-28-9-6-2/h27,29-30,33-34,36H,5-26,28,31-32,35H2,1-4H3. The van der Waals surface area contributed by atoms with E-state index in [0.29, 0.717) is 12.4 Å². The maximum Gasteiger partial charge on any atom is 0.373 e. The van der Waals surface area contributed by atoms with Crippen LogP contribution in [0.4, 0.5) is 0 Å². The fraction of sp³-hybridized carbons (Fsp3) is 0.775. The third kappa shape index (κ3) is 20.0. The summed E-state index contributed by atoms with van der Waals surface area (Å²) in [6.45, 7) is 7.20. The highest BCUT2D eigenvalue weighted by Gasteiger charge is 2.25. The van der Waals surface area contributed by atoms with Crippen LogP contribution in [0.1, 0.15) is 187 Å². The van der Waals surface area contributed by atoms with Crippen molar-refractivity contribution in [3.05, 3.63) is 41.7 Å². The molecule has 0 heterocycles. The van der Waals surface area contributed by atoms with E-state index in [1.165, 1.54) is 128 Å². The van der Waals surface area contributed by atoms with Crippen molar-refractivity contribution in [2.75, 3.05) is 13.7 Å². The highest BCUT2D eigenvalue weighted by atomic mass is 16.6. The quantitative estimate of drug-likeness (QED) is 0.0382. The second kappa shape index (κ2) is 29.0. The van der Waals surface area contributed by atoms with Crippen molar-refractivity contribution in [1.29, 1.82) is 0 Å². The summed E-state index contributed by atoms with van der Waals surface area (Å²) in [6, 6.07) is 10.3. The molecular formula is C40H70O3. The number of carbonyl (C=O) groups excluding carboxylic acids is 1. The van der Waals surface area contributed by atoms with Crippen LogP contribution < -0.4 is 0 Å². The van der Waals surface area contributed by atoms with Gasteiger partial charge in [0.2, 0.25) is 5.76 Å². The lowest BCUT2D eigenvalue weighted by molar-refractivity contribution is -0.142. The number of esters is 1. The number of ether oxygens (including phenoxy) is 2. The maximum absolute atomic E-state index is 13.1. The van der Waals surface area contributed by atoms with Crippen LogP contribution in [0, 0.1) is 5.92 Å². The zero-order valence-corrected chi connectivity index (χ0v) is 29.1. The third-order valence-electron chi connectivity index (χ3n) is 9.01. The first-order valence-corrected chi connectivity index (χ1v) is 18.7. The number of allylic oxidation sites excluding steroid dienone is 1. The predicted molar refractivity (Wildman–Crippen MR) is 187 cm³/mol. The van der Waals surface area contributed by atoms with Gasteiger partial charge in [0, 0.05) is 5.57 Å². The molecule has 0 aliphatic heterocycles. The van der Waals surface area contributed by atoms with E-state index in [-0.39, 0.29) is 11.9 Å². The van der Waals surface area contributed by atoms with Crippen LogP contribution in [0.3, 0.4) is 0 Å². The molecule has 248 valence electrons. The van der Waals surface area contributed by atoms with Gasteiger partial charge in [-0.2, -0.15) is 0 Å². The second-order valence-corrected chi connectivity index (χ2v) is 12.8. The molecule has 0 aliphatic carbocycles. The van der Waals surface area contributed by atoms with Crippen molar-refractivity contribution in [3.63, 3.8) is 0 Å². The summed E-state index contributed by atoms with van der Waals surface area (Å²) in [5.41, 5.74) is 2.08. The summed E-state index contributed by atoms with van der Waals surface area (Å²) < 4.78 is 11.5. The Morgan fingerprint density at radius 3 is 1.42 bits per heavy atom. The fourth-order valence-electron chi connectivity index (χ4n) is 6.25. The van der Waals surface area contributed by atoms with Crippen LogP contribution in [0.25, 0.3) is 5.57 Å². The van der Waals surface area contributed by atoms with Gasteiger partial charge in [-0.05, 0) is 30.7 Å². The minimum absolute atomic E-state index is 0.288. The largest absolute Gasteiger partial charge is 0.490 e. The second-order valence-electron chi connectivity index (χ2n) is 12.8. The van der Waals surface area contributed by atoms with Gasteiger partial charge in [0.05, 0.1) is 13.7 Å². The van der Waals surface area contributed by atoms with E-state index >= 15 is 0 Å². The molecule has 3 heteroatoms. The summed E-state index contributed by atoms with van der Waals surface area (Å²) in [5.74, 6) is 0.368. The van der Waals surface area contributed by atoms with Gasteiger partial charge in [-0.15, -0.1) is 0 Å². The number of unbranched alkanes of at least 4 members (excludes halogenated alkanes) is 21. The number of carbonyl (C=O) groups is 1. The predicted octanol–water partition coefficient (Wildman–Crippen LogP) is 13.0. The average molecular weight is 599 g/mol. The molecule has 1 rings (SSSR count). The van der Waals surface area contributed by atoms with E-state index < -0.39 is 0 Å². The molecule has 3 nitrogen and oxygen atoms in total. The minimum Gasteiger partial charge on any atom is -0.490 e. The van der Waals surface area contributed by atoms with Gasteiger partial charge in [-0.25, -0.2) is 4.79 Å². The van der Waals surface area contributed by atoms with Gasteiger partial charge in [0.15, 0.2) is 0 Å². The summed E-state index contributed by atoms with van der Waals surface area (Å²) in [4.78, 5) is 13.1.